The summed E-state index contributed by atoms with van der Waals surface area (Å²) >= 11 is 6.13. The van der Waals surface area contributed by atoms with Gasteiger partial charge in [-0.2, -0.15) is 26.3 Å². The lowest BCUT2D eigenvalue weighted by Crippen LogP contribution is -2.32. The Labute approximate surface area is 160 Å². The van der Waals surface area contributed by atoms with E-state index in [0.29, 0.717) is 6.07 Å². The first-order chi connectivity index (χ1) is 12.9. The molecule has 0 saturated carbocycles. The Bertz CT molecular complexity index is 900. The molecule has 0 saturated heterocycles. The van der Waals surface area contributed by atoms with Crippen molar-refractivity contribution in [1.29, 1.82) is 0 Å². The fraction of sp³-hybridized carbons (Fsp3) is 0.412. The van der Waals surface area contributed by atoms with Gasteiger partial charge in [-0.15, -0.1) is 0 Å². The Morgan fingerprint density at radius 3 is 2.39 bits per heavy atom. The molecule has 0 aliphatic carbocycles. The van der Waals surface area contributed by atoms with Gasteiger partial charge >= 0.3 is 12.4 Å². The maximum atomic E-state index is 13.6. The first kappa shape index (κ1) is 20.7. The maximum Gasteiger partial charge on any atom is 0.418 e. The molecule has 3 rings (SSSR count). The number of aryl methyl sites for hydroxylation is 1. The summed E-state index contributed by atoms with van der Waals surface area (Å²) in [5.41, 5.74) is -3.02. The summed E-state index contributed by atoms with van der Waals surface area (Å²) in [5, 5.41) is 9.55. The van der Waals surface area contributed by atoms with E-state index < -0.39 is 35.1 Å². The van der Waals surface area contributed by atoms with Crippen LogP contribution in [0, 0.1) is 6.92 Å². The average molecular weight is 426 g/mol. The van der Waals surface area contributed by atoms with Gasteiger partial charge in [-0.3, -0.25) is 0 Å². The number of aliphatic hydroxyl groups is 1. The molecule has 0 fully saturated rings. The van der Waals surface area contributed by atoms with Crippen LogP contribution in [0.1, 0.15) is 34.9 Å². The number of hydrogen-bond acceptors (Lipinski definition) is 4. The topological polar surface area (TPSA) is 49.2 Å². The first-order valence-electron chi connectivity index (χ1n) is 8.14. The number of rotatable bonds is 2. The number of aliphatic hydroxyl groups excluding tert-OH is 1. The van der Waals surface area contributed by atoms with Crippen LogP contribution < -0.4 is 4.90 Å². The molecule has 0 bridgehead atoms. The van der Waals surface area contributed by atoms with Crippen molar-refractivity contribution in [3.05, 3.63) is 45.9 Å². The molecular weight excluding hydrogens is 412 g/mol. The van der Waals surface area contributed by atoms with Crippen LogP contribution in [0.4, 0.5) is 37.8 Å². The minimum Gasteiger partial charge on any atom is -0.396 e. The summed E-state index contributed by atoms with van der Waals surface area (Å²) < 4.78 is 79.4. The zero-order valence-corrected chi connectivity index (χ0v) is 15.1. The molecule has 4 nitrogen and oxygen atoms in total. The van der Waals surface area contributed by atoms with Crippen LogP contribution in [0.25, 0.3) is 0 Å². The summed E-state index contributed by atoms with van der Waals surface area (Å²) in [6.45, 7) is 1.19. The van der Waals surface area contributed by atoms with Crippen LogP contribution in [0.2, 0.25) is 5.15 Å². The fourth-order valence-electron chi connectivity index (χ4n) is 3.22. The van der Waals surface area contributed by atoms with Crippen LogP contribution in [0.15, 0.2) is 18.2 Å². The lowest BCUT2D eigenvalue weighted by Gasteiger charge is -2.35. The van der Waals surface area contributed by atoms with Crippen molar-refractivity contribution >= 4 is 23.1 Å². The molecule has 1 N–H and O–H groups in total. The quantitative estimate of drug-likeness (QED) is 0.537. The van der Waals surface area contributed by atoms with Gasteiger partial charge in [-0.25, -0.2) is 9.97 Å². The van der Waals surface area contributed by atoms with E-state index in [2.05, 4.69) is 9.97 Å². The third-order valence-corrected chi connectivity index (χ3v) is 4.78. The lowest BCUT2D eigenvalue weighted by molar-refractivity contribution is -0.142. The maximum absolute atomic E-state index is 13.6. The number of benzene rings is 1. The third-order valence-electron chi connectivity index (χ3n) is 4.50. The molecule has 1 aromatic carbocycles. The van der Waals surface area contributed by atoms with E-state index in [1.807, 2.05) is 0 Å². The summed E-state index contributed by atoms with van der Waals surface area (Å²) in [5.74, 6) is -0.246. The molecule has 0 radical (unpaired) electrons. The Morgan fingerprint density at radius 1 is 1.14 bits per heavy atom. The normalized spacial score (nSPS) is 17.6. The zero-order valence-electron chi connectivity index (χ0n) is 14.4. The van der Waals surface area contributed by atoms with Gasteiger partial charge in [-0.1, -0.05) is 11.6 Å². The molecule has 1 aliphatic rings. The fourth-order valence-corrected chi connectivity index (χ4v) is 3.58. The van der Waals surface area contributed by atoms with Gasteiger partial charge < -0.3 is 10.0 Å². The largest absolute Gasteiger partial charge is 0.418 e. The zero-order chi connectivity index (χ0) is 20.9. The van der Waals surface area contributed by atoms with Crippen molar-refractivity contribution in [2.75, 3.05) is 18.1 Å². The molecule has 11 heteroatoms. The van der Waals surface area contributed by atoms with Gasteiger partial charge in [0.1, 0.15) is 16.8 Å². The first-order valence-corrected chi connectivity index (χ1v) is 8.52. The minimum atomic E-state index is -5.02. The van der Waals surface area contributed by atoms with Crippen LogP contribution in [0.5, 0.6) is 0 Å². The Hall–Kier alpha value is -2.07. The van der Waals surface area contributed by atoms with Gasteiger partial charge in [0.2, 0.25) is 0 Å². The number of anilines is 2. The van der Waals surface area contributed by atoms with Crippen LogP contribution in [0.3, 0.4) is 0 Å². The minimum absolute atomic E-state index is 0.00767. The third kappa shape index (κ3) is 3.75. The van der Waals surface area contributed by atoms with Gasteiger partial charge in [0, 0.05) is 18.0 Å². The molecule has 0 amide bonds. The van der Waals surface area contributed by atoms with Crippen LogP contribution >= 0.6 is 11.6 Å². The van der Waals surface area contributed by atoms with Crippen molar-refractivity contribution in [1.82, 2.24) is 9.97 Å². The van der Waals surface area contributed by atoms with Crippen molar-refractivity contribution in [3.8, 4) is 0 Å². The molecule has 1 atom stereocenters. The van der Waals surface area contributed by atoms with E-state index in [-0.39, 0.29) is 48.0 Å². The van der Waals surface area contributed by atoms with Crippen molar-refractivity contribution in [2.24, 2.45) is 0 Å². The molecule has 28 heavy (non-hydrogen) atoms. The van der Waals surface area contributed by atoms with E-state index in [4.69, 9.17) is 11.6 Å². The van der Waals surface area contributed by atoms with Crippen LogP contribution in [-0.2, 0) is 12.4 Å². The summed E-state index contributed by atoms with van der Waals surface area (Å²) in [4.78, 5) is 9.30. The second kappa shape index (κ2) is 7.07. The standard InChI is InChI=1S/C17H14ClF6N3O/c1-8-25-14(18)13-9(7-28)4-5-27(15(13)26-8)12-3-2-10(16(19,20)21)6-11(12)17(22,23)24/h2-3,6,9,28H,4-5,7H2,1H3/t9-/m0/s1. The number of nitrogens with zero attached hydrogens (tertiary/aromatic N) is 3. The molecule has 152 valence electrons. The van der Waals surface area contributed by atoms with E-state index in [1.165, 1.54) is 11.8 Å². The van der Waals surface area contributed by atoms with E-state index in [0.717, 1.165) is 6.07 Å². The second-order valence-electron chi connectivity index (χ2n) is 6.35. The highest BCUT2D eigenvalue weighted by Gasteiger charge is 2.41. The summed E-state index contributed by atoms with van der Waals surface area (Å²) in [7, 11) is 0. The lowest BCUT2D eigenvalue weighted by atomic mass is 9.93. The highest BCUT2D eigenvalue weighted by molar-refractivity contribution is 6.30. The molecular formula is C17H14ClF6N3O. The Morgan fingerprint density at radius 2 is 1.82 bits per heavy atom. The predicted molar refractivity (Wildman–Crippen MR) is 89.7 cm³/mol. The smallest absolute Gasteiger partial charge is 0.396 e. The van der Waals surface area contributed by atoms with Crippen molar-refractivity contribution in [2.45, 2.75) is 31.6 Å². The molecule has 2 aromatic rings. The number of halogens is 7. The SMILES string of the molecule is Cc1nc(Cl)c2c(n1)N(c1ccc(C(F)(F)F)cc1C(F)(F)F)CC[C@H]2CO. The van der Waals surface area contributed by atoms with Crippen molar-refractivity contribution < 1.29 is 31.4 Å². The monoisotopic (exact) mass is 425 g/mol. The van der Waals surface area contributed by atoms with E-state index in [1.54, 1.807) is 0 Å². The molecule has 1 aliphatic heterocycles. The van der Waals surface area contributed by atoms with Crippen molar-refractivity contribution in [3.63, 3.8) is 0 Å². The molecule has 2 heterocycles. The average Bonchev–Trinajstić information content (AvgIpc) is 2.58. The van der Waals surface area contributed by atoms with Gasteiger partial charge in [0.05, 0.1) is 23.4 Å². The van der Waals surface area contributed by atoms with Crippen LogP contribution in [-0.4, -0.2) is 28.2 Å². The second-order valence-corrected chi connectivity index (χ2v) is 6.70. The number of hydrogen-bond donors (Lipinski definition) is 1. The Kier molecular flexibility index (Phi) is 5.22. The van der Waals surface area contributed by atoms with E-state index in [9.17, 15) is 31.4 Å². The van der Waals surface area contributed by atoms with Gasteiger partial charge in [0.15, 0.2) is 0 Å². The highest BCUT2D eigenvalue weighted by Crippen LogP contribution is 2.46. The predicted octanol–water partition coefficient (Wildman–Crippen LogP) is 5.09. The number of aromatic nitrogens is 2. The van der Waals surface area contributed by atoms with Gasteiger partial charge in [0.25, 0.3) is 0 Å². The molecule has 1 aromatic heterocycles. The molecule has 0 unspecified atom stereocenters. The van der Waals surface area contributed by atoms with E-state index >= 15 is 0 Å². The highest BCUT2D eigenvalue weighted by atomic mass is 35.5. The molecule has 0 spiro atoms. The van der Waals surface area contributed by atoms with Gasteiger partial charge in [-0.05, 0) is 31.5 Å². The Balaban J connectivity index is 2.22. The number of fused-ring (bicyclic) bond motifs is 1. The number of alkyl halides is 6. The summed E-state index contributed by atoms with van der Waals surface area (Å²) in [6.07, 6.45) is -9.70. The summed E-state index contributed by atoms with van der Waals surface area (Å²) in [6, 6.07) is 1.46.